The fourth-order valence-corrected chi connectivity index (χ4v) is 4.41. The lowest BCUT2D eigenvalue weighted by Gasteiger charge is -2.31. The van der Waals surface area contributed by atoms with E-state index < -0.39 is 23.8 Å². The molecule has 1 saturated heterocycles. The highest BCUT2D eigenvalue weighted by atomic mass is 16.6. The molecule has 2 amide bonds. The maximum atomic E-state index is 13.2. The van der Waals surface area contributed by atoms with Gasteiger partial charge in [0.05, 0.1) is 0 Å². The highest BCUT2D eigenvalue weighted by molar-refractivity contribution is 5.90. The monoisotopic (exact) mass is 416 g/mol. The molecular formula is C23H32N2O5. The van der Waals surface area contributed by atoms with E-state index in [2.05, 4.69) is 5.32 Å². The average Bonchev–Trinajstić information content (AvgIpc) is 3.25. The molecule has 2 aliphatic rings. The van der Waals surface area contributed by atoms with Gasteiger partial charge in [0.2, 0.25) is 5.91 Å². The summed E-state index contributed by atoms with van der Waals surface area (Å²) >= 11 is 0. The number of benzene rings is 1. The SMILES string of the molecule is C[C@@H](NC(=O)OC(C)(C)C)C(=O)N1[C@@H](C(=O)OCc2ccccc2)C[C@H]2CCC[C@H]21. The Labute approximate surface area is 178 Å². The predicted molar refractivity (Wildman–Crippen MR) is 111 cm³/mol. The smallest absolute Gasteiger partial charge is 0.408 e. The zero-order valence-corrected chi connectivity index (χ0v) is 18.2. The van der Waals surface area contributed by atoms with Gasteiger partial charge in [-0.15, -0.1) is 0 Å². The summed E-state index contributed by atoms with van der Waals surface area (Å²) in [5.41, 5.74) is 0.253. The normalized spacial score (nSPS) is 24.1. The molecule has 1 aromatic carbocycles. The summed E-state index contributed by atoms with van der Waals surface area (Å²) in [6, 6.07) is 8.10. The summed E-state index contributed by atoms with van der Waals surface area (Å²) < 4.78 is 10.8. The van der Waals surface area contributed by atoms with Crippen LogP contribution in [0.1, 0.15) is 58.9 Å². The van der Waals surface area contributed by atoms with Crippen LogP contribution in [0.25, 0.3) is 0 Å². The van der Waals surface area contributed by atoms with Crippen molar-refractivity contribution < 1.29 is 23.9 Å². The van der Waals surface area contributed by atoms with E-state index in [4.69, 9.17) is 9.47 Å². The van der Waals surface area contributed by atoms with Crippen LogP contribution in [0, 0.1) is 5.92 Å². The van der Waals surface area contributed by atoms with Gasteiger partial charge in [-0.2, -0.15) is 0 Å². The second-order valence-electron chi connectivity index (χ2n) is 9.22. The average molecular weight is 417 g/mol. The van der Waals surface area contributed by atoms with Gasteiger partial charge in [-0.05, 0) is 58.4 Å². The number of carbonyl (C=O) groups is 3. The Hall–Kier alpha value is -2.57. The number of hydrogen-bond donors (Lipinski definition) is 1. The van der Waals surface area contributed by atoms with E-state index in [1.807, 2.05) is 30.3 Å². The summed E-state index contributed by atoms with van der Waals surface area (Å²) in [7, 11) is 0. The van der Waals surface area contributed by atoms with Gasteiger partial charge >= 0.3 is 12.1 Å². The van der Waals surface area contributed by atoms with Crippen molar-refractivity contribution in [1.82, 2.24) is 10.2 Å². The molecule has 1 saturated carbocycles. The van der Waals surface area contributed by atoms with Gasteiger partial charge in [-0.3, -0.25) is 4.79 Å². The number of alkyl carbamates (subject to hydrolysis) is 1. The number of fused-ring (bicyclic) bond motifs is 1. The van der Waals surface area contributed by atoms with Gasteiger partial charge < -0.3 is 19.7 Å². The van der Waals surface area contributed by atoms with Gasteiger partial charge in [0.25, 0.3) is 0 Å². The summed E-state index contributed by atoms with van der Waals surface area (Å²) in [5, 5.41) is 2.61. The standard InChI is InChI=1S/C23H32N2O5/c1-15(24-22(28)30-23(2,3)4)20(26)25-18-12-8-11-17(18)13-19(25)21(27)29-14-16-9-6-5-7-10-16/h5-7,9-10,15,17-19H,8,11-14H2,1-4H3,(H,24,28)/t15-,17-,18-,19-/m1/s1. The van der Waals surface area contributed by atoms with Gasteiger partial charge in [0.15, 0.2) is 0 Å². The van der Waals surface area contributed by atoms with Crippen LogP contribution in [-0.4, -0.2) is 46.6 Å². The molecule has 1 N–H and O–H groups in total. The molecule has 4 atom stereocenters. The maximum Gasteiger partial charge on any atom is 0.408 e. The maximum absolute atomic E-state index is 13.2. The second kappa shape index (κ2) is 9.06. The van der Waals surface area contributed by atoms with Crippen molar-refractivity contribution in [1.29, 1.82) is 0 Å². The summed E-state index contributed by atoms with van der Waals surface area (Å²) in [6.07, 6.45) is 2.89. The molecule has 3 rings (SSSR count). The Morgan fingerprint density at radius 2 is 1.87 bits per heavy atom. The Morgan fingerprint density at radius 1 is 1.17 bits per heavy atom. The number of rotatable bonds is 5. The van der Waals surface area contributed by atoms with Gasteiger partial charge in [-0.1, -0.05) is 36.8 Å². The number of likely N-dealkylation sites (tertiary alicyclic amines) is 1. The van der Waals surface area contributed by atoms with Crippen molar-refractivity contribution in [2.24, 2.45) is 5.92 Å². The minimum Gasteiger partial charge on any atom is -0.459 e. The molecule has 1 aromatic rings. The Bertz CT molecular complexity index is 774. The van der Waals surface area contributed by atoms with Crippen molar-refractivity contribution in [2.45, 2.75) is 83.7 Å². The topological polar surface area (TPSA) is 84.9 Å². The van der Waals surface area contributed by atoms with Crippen LogP contribution in [0.5, 0.6) is 0 Å². The van der Waals surface area contributed by atoms with Crippen LogP contribution in [-0.2, 0) is 25.7 Å². The molecule has 1 aliphatic carbocycles. The Kier molecular flexibility index (Phi) is 6.68. The third-order valence-corrected chi connectivity index (χ3v) is 5.69. The number of hydrogen-bond acceptors (Lipinski definition) is 5. The van der Waals surface area contributed by atoms with Crippen molar-refractivity contribution in [3.05, 3.63) is 35.9 Å². The zero-order valence-electron chi connectivity index (χ0n) is 18.2. The number of amides is 2. The van der Waals surface area contributed by atoms with Crippen molar-refractivity contribution in [3.63, 3.8) is 0 Å². The Morgan fingerprint density at radius 3 is 2.53 bits per heavy atom. The number of nitrogens with zero attached hydrogens (tertiary/aromatic N) is 1. The minimum absolute atomic E-state index is 0.0228. The molecule has 0 radical (unpaired) electrons. The summed E-state index contributed by atoms with van der Waals surface area (Å²) in [6.45, 7) is 7.10. The van der Waals surface area contributed by atoms with Crippen molar-refractivity contribution in [3.8, 4) is 0 Å². The van der Waals surface area contributed by atoms with E-state index in [0.29, 0.717) is 12.3 Å². The summed E-state index contributed by atoms with van der Waals surface area (Å²) in [4.78, 5) is 39.8. The molecule has 7 heteroatoms. The van der Waals surface area contributed by atoms with Gasteiger partial charge in [-0.25, -0.2) is 9.59 Å². The number of nitrogens with one attached hydrogen (secondary N) is 1. The Balaban J connectivity index is 1.66. The highest BCUT2D eigenvalue weighted by Crippen LogP contribution is 2.42. The first kappa shape index (κ1) is 22.1. The van der Waals surface area contributed by atoms with Crippen molar-refractivity contribution >= 4 is 18.0 Å². The molecule has 2 fully saturated rings. The first-order valence-electron chi connectivity index (χ1n) is 10.7. The van der Waals surface area contributed by atoms with Crippen LogP contribution in [0.4, 0.5) is 4.79 Å². The molecule has 0 aromatic heterocycles. The molecule has 7 nitrogen and oxygen atoms in total. The van der Waals surface area contributed by atoms with E-state index >= 15 is 0 Å². The number of esters is 1. The second-order valence-corrected chi connectivity index (χ2v) is 9.22. The van der Waals surface area contributed by atoms with Gasteiger partial charge in [0, 0.05) is 6.04 Å². The van der Waals surface area contributed by atoms with E-state index in [-0.39, 0.29) is 24.5 Å². The third kappa shape index (κ3) is 5.32. The van der Waals surface area contributed by atoms with Crippen LogP contribution >= 0.6 is 0 Å². The fraction of sp³-hybridized carbons (Fsp3) is 0.609. The fourth-order valence-electron chi connectivity index (χ4n) is 4.41. The van der Waals surface area contributed by atoms with Crippen molar-refractivity contribution in [2.75, 3.05) is 0 Å². The predicted octanol–water partition coefficient (Wildman–Crippen LogP) is 3.41. The first-order chi connectivity index (χ1) is 14.2. The lowest BCUT2D eigenvalue weighted by molar-refractivity contribution is -0.156. The van der Waals surface area contributed by atoms with Crippen LogP contribution < -0.4 is 5.32 Å². The quantitative estimate of drug-likeness (QED) is 0.744. The van der Waals surface area contributed by atoms with Crippen LogP contribution in [0.3, 0.4) is 0 Å². The van der Waals surface area contributed by atoms with E-state index in [1.54, 1.807) is 32.6 Å². The van der Waals surface area contributed by atoms with Crippen LogP contribution in [0.15, 0.2) is 30.3 Å². The number of carbonyl (C=O) groups excluding carboxylic acids is 3. The molecule has 1 heterocycles. The molecule has 1 aliphatic heterocycles. The van der Waals surface area contributed by atoms with E-state index in [0.717, 1.165) is 24.8 Å². The molecule has 164 valence electrons. The molecule has 0 bridgehead atoms. The van der Waals surface area contributed by atoms with E-state index in [1.165, 1.54) is 0 Å². The van der Waals surface area contributed by atoms with E-state index in [9.17, 15) is 14.4 Å². The largest absolute Gasteiger partial charge is 0.459 e. The van der Waals surface area contributed by atoms with Gasteiger partial charge in [0.1, 0.15) is 24.3 Å². The number of ether oxygens (including phenoxy) is 2. The zero-order chi connectivity index (χ0) is 21.9. The summed E-state index contributed by atoms with van der Waals surface area (Å²) in [5.74, 6) is -0.347. The third-order valence-electron chi connectivity index (χ3n) is 5.69. The first-order valence-corrected chi connectivity index (χ1v) is 10.7. The molecule has 0 spiro atoms. The lowest BCUT2D eigenvalue weighted by Crippen LogP contribution is -2.53. The molecular weight excluding hydrogens is 384 g/mol. The highest BCUT2D eigenvalue weighted by Gasteiger charge is 2.50. The lowest BCUT2D eigenvalue weighted by atomic mass is 10.0. The minimum atomic E-state index is -0.788. The van der Waals surface area contributed by atoms with Crippen LogP contribution in [0.2, 0.25) is 0 Å². The molecule has 30 heavy (non-hydrogen) atoms. The molecule has 0 unspecified atom stereocenters.